The quantitative estimate of drug-likeness (QED) is 0.590. The smallest absolute Gasteiger partial charge is 0.157 e. The molecule has 1 fully saturated rings. The van der Waals surface area contributed by atoms with Crippen molar-refractivity contribution in [2.75, 3.05) is 12.4 Å². The molecule has 4 heterocycles. The molecule has 0 spiro atoms. The van der Waals surface area contributed by atoms with Gasteiger partial charge in [-0.1, -0.05) is 0 Å². The zero-order valence-electron chi connectivity index (χ0n) is 15.6. The molecule has 0 amide bonds. The molecule has 0 aromatic carbocycles. The third-order valence-corrected chi connectivity index (χ3v) is 5.28. The Hall–Kier alpha value is -3.67. The summed E-state index contributed by atoms with van der Waals surface area (Å²) in [5.41, 5.74) is 4.36. The number of anilines is 1. The highest BCUT2D eigenvalue weighted by Crippen LogP contribution is 2.39. The Morgan fingerprint density at radius 1 is 1.21 bits per heavy atom. The van der Waals surface area contributed by atoms with Crippen molar-refractivity contribution in [3.05, 3.63) is 37.1 Å². The molecule has 9 heteroatoms. The number of aromatic nitrogens is 7. The first-order chi connectivity index (χ1) is 13.7. The van der Waals surface area contributed by atoms with Crippen LogP contribution in [0.15, 0.2) is 37.1 Å². The molecule has 0 radical (unpaired) electrons. The summed E-state index contributed by atoms with van der Waals surface area (Å²) in [6.45, 7) is 0. The Morgan fingerprint density at radius 2 is 2.07 bits per heavy atom. The highest BCUT2D eigenvalue weighted by atomic mass is 15.3. The third-order valence-electron chi connectivity index (χ3n) is 5.28. The number of nitrogens with zero attached hydrogens (tertiary/aromatic N) is 8. The van der Waals surface area contributed by atoms with Gasteiger partial charge in [0.05, 0.1) is 53.4 Å². The highest BCUT2D eigenvalue weighted by molar-refractivity contribution is 5.84. The van der Waals surface area contributed by atoms with Crippen molar-refractivity contribution >= 4 is 11.3 Å². The summed E-state index contributed by atoms with van der Waals surface area (Å²) < 4.78 is 5.54. The lowest BCUT2D eigenvalue weighted by molar-refractivity contribution is 0.230. The van der Waals surface area contributed by atoms with Crippen LogP contribution < -0.4 is 5.32 Å². The second-order valence-corrected chi connectivity index (χ2v) is 7.11. The molecule has 5 rings (SSSR count). The average Bonchev–Trinajstić information content (AvgIpc) is 3.38. The van der Waals surface area contributed by atoms with E-state index in [1.807, 2.05) is 47.9 Å². The number of fused-ring (bicyclic) bond motifs is 1. The lowest BCUT2D eigenvalue weighted by Gasteiger charge is -2.30. The van der Waals surface area contributed by atoms with Crippen molar-refractivity contribution in [3.63, 3.8) is 0 Å². The molecule has 140 valence electrons. The molecule has 0 saturated heterocycles. The van der Waals surface area contributed by atoms with Crippen LogP contribution in [0.25, 0.3) is 28.0 Å². The summed E-state index contributed by atoms with van der Waals surface area (Å²) in [7, 11) is 3.74. The van der Waals surface area contributed by atoms with Crippen LogP contribution in [-0.2, 0) is 7.05 Å². The Bertz CT molecular complexity index is 1200. The van der Waals surface area contributed by atoms with Crippen LogP contribution in [0.4, 0.5) is 5.82 Å². The maximum atomic E-state index is 9.05. The van der Waals surface area contributed by atoms with Gasteiger partial charge >= 0.3 is 0 Å². The fraction of sp³-hybridized carbons (Fsp3) is 0.316. The normalized spacial score (nSPS) is 18.8. The minimum Gasteiger partial charge on any atom is -0.371 e. The predicted molar refractivity (Wildman–Crippen MR) is 103 cm³/mol. The highest BCUT2D eigenvalue weighted by Gasteiger charge is 2.32. The van der Waals surface area contributed by atoms with Crippen molar-refractivity contribution in [2.24, 2.45) is 13.0 Å². The van der Waals surface area contributed by atoms with E-state index in [-0.39, 0.29) is 12.0 Å². The SMILES string of the molecule is CNc1nn([C@H]2C[C@H](C#N)C2)cc1-c1nc(-c2cnn(C)c2)cn2nccc12. The van der Waals surface area contributed by atoms with Crippen LogP contribution in [0.3, 0.4) is 0 Å². The van der Waals surface area contributed by atoms with Gasteiger partial charge in [0.1, 0.15) is 5.69 Å². The first-order valence-corrected chi connectivity index (χ1v) is 9.16. The van der Waals surface area contributed by atoms with E-state index in [1.165, 1.54) is 0 Å². The number of rotatable bonds is 4. The van der Waals surface area contributed by atoms with E-state index in [0.717, 1.165) is 46.7 Å². The van der Waals surface area contributed by atoms with Crippen molar-refractivity contribution in [1.82, 2.24) is 34.2 Å². The molecule has 0 bridgehead atoms. The first-order valence-electron chi connectivity index (χ1n) is 9.16. The average molecular weight is 373 g/mol. The Labute approximate surface area is 161 Å². The van der Waals surface area contributed by atoms with Gasteiger partial charge in [0.25, 0.3) is 0 Å². The van der Waals surface area contributed by atoms with Gasteiger partial charge in [0, 0.05) is 32.1 Å². The number of nitrogens with one attached hydrogen (secondary N) is 1. The molecule has 4 aromatic heterocycles. The van der Waals surface area contributed by atoms with Crippen molar-refractivity contribution in [1.29, 1.82) is 5.26 Å². The van der Waals surface area contributed by atoms with Gasteiger partial charge in [-0.25, -0.2) is 9.50 Å². The van der Waals surface area contributed by atoms with E-state index in [9.17, 15) is 0 Å². The third kappa shape index (κ3) is 2.53. The molecular formula is C19H19N9. The van der Waals surface area contributed by atoms with Crippen molar-refractivity contribution < 1.29 is 0 Å². The minimum atomic E-state index is 0.129. The summed E-state index contributed by atoms with van der Waals surface area (Å²) in [4.78, 5) is 4.92. The summed E-state index contributed by atoms with van der Waals surface area (Å²) in [6.07, 6.45) is 11.1. The number of aryl methyl sites for hydroxylation is 1. The standard InChI is InChI=1S/C19H19N9/c1-21-19-15(10-27(25-19)14-5-12(6-14)7-20)18-17-3-4-22-28(17)11-16(24-18)13-8-23-26(2)9-13/h3-4,8-12,14H,5-6H2,1-2H3,(H,21,25)/t12-,14-. The fourth-order valence-corrected chi connectivity index (χ4v) is 3.66. The molecule has 9 nitrogen and oxygen atoms in total. The molecule has 1 aliphatic rings. The number of hydrogen-bond acceptors (Lipinski definition) is 6. The first kappa shape index (κ1) is 16.5. The van der Waals surface area contributed by atoms with E-state index in [1.54, 1.807) is 17.1 Å². The molecule has 0 unspecified atom stereocenters. The zero-order valence-corrected chi connectivity index (χ0v) is 15.6. The second kappa shape index (κ2) is 6.20. The maximum absolute atomic E-state index is 9.05. The molecule has 1 aliphatic carbocycles. The lowest BCUT2D eigenvalue weighted by atomic mass is 9.81. The van der Waals surface area contributed by atoms with Crippen LogP contribution in [0.2, 0.25) is 0 Å². The molecule has 1 N–H and O–H groups in total. The summed E-state index contributed by atoms with van der Waals surface area (Å²) in [5, 5.41) is 25.6. The van der Waals surface area contributed by atoms with Gasteiger partial charge in [-0.2, -0.15) is 20.6 Å². The van der Waals surface area contributed by atoms with E-state index >= 15 is 0 Å². The van der Waals surface area contributed by atoms with Crippen molar-refractivity contribution in [3.8, 4) is 28.6 Å². The van der Waals surface area contributed by atoms with Crippen LogP contribution in [0.5, 0.6) is 0 Å². The van der Waals surface area contributed by atoms with Gasteiger partial charge in [-0.3, -0.25) is 9.36 Å². The largest absolute Gasteiger partial charge is 0.371 e. The van der Waals surface area contributed by atoms with Gasteiger partial charge < -0.3 is 5.32 Å². The summed E-state index contributed by atoms with van der Waals surface area (Å²) in [6, 6.07) is 4.53. The summed E-state index contributed by atoms with van der Waals surface area (Å²) in [5.74, 6) is 0.892. The maximum Gasteiger partial charge on any atom is 0.157 e. The van der Waals surface area contributed by atoms with E-state index in [4.69, 9.17) is 15.3 Å². The fourth-order valence-electron chi connectivity index (χ4n) is 3.66. The number of hydrogen-bond donors (Lipinski definition) is 1. The Kier molecular flexibility index (Phi) is 3.65. The van der Waals surface area contributed by atoms with Crippen LogP contribution in [0.1, 0.15) is 18.9 Å². The molecule has 0 atom stereocenters. The molecule has 0 aliphatic heterocycles. The second-order valence-electron chi connectivity index (χ2n) is 7.11. The molecule has 28 heavy (non-hydrogen) atoms. The van der Waals surface area contributed by atoms with Crippen LogP contribution >= 0.6 is 0 Å². The molecule has 4 aromatic rings. The van der Waals surface area contributed by atoms with Crippen LogP contribution in [0, 0.1) is 17.2 Å². The van der Waals surface area contributed by atoms with E-state index in [0.29, 0.717) is 0 Å². The lowest BCUT2D eigenvalue weighted by Crippen LogP contribution is -2.26. The molecular weight excluding hydrogens is 354 g/mol. The predicted octanol–water partition coefficient (Wildman–Crippen LogP) is 2.51. The van der Waals surface area contributed by atoms with Gasteiger partial charge in [0.15, 0.2) is 5.82 Å². The topological polar surface area (TPSA) is 102 Å². The number of nitriles is 1. The Morgan fingerprint density at radius 3 is 2.79 bits per heavy atom. The van der Waals surface area contributed by atoms with Crippen molar-refractivity contribution in [2.45, 2.75) is 18.9 Å². The minimum absolute atomic E-state index is 0.129. The zero-order chi connectivity index (χ0) is 19.3. The monoisotopic (exact) mass is 373 g/mol. The van der Waals surface area contributed by atoms with E-state index < -0.39 is 0 Å². The van der Waals surface area contributed by atoms with Gasteiger partial charge in [-0.05, 0) is 18.9 Å². The van der Waals surface area contributed by atoms with E-state index in [2.05, 4.69) is 21.6 Å². The Balaban J connectivity index is 1.63. The van der Waals surface area contributed by atoms with Crippen LogP contribution in [-0.4, -0.2) is 41.2 Å². The van der Waals surface area contributed by atoms with Gasteiger partial charge in [-0.15, -0.1) is 0 Å². The molecule has 1 saturated carbocycles. The summed E-state index contributed by atoms with van der Waals surface area (Å²) >= 11 is 0. The van der Waals surface area contributed by atoms with Gasteiger partial charge in [0.2, 0.25) is 0 Å².